The number of carbonyl (C=O) groups is 3. The minimum atomic E-state index is -0.751. The van der Waals surface area contributed by atoms with Crippen LogP contribution in [0.5, 0.6) is 0 Å². The Bertz CT molecular complexity index is 1090. The quantitative estimate of drug-likeness (QED) is 0.277. The highest BCUT2D eigenvalue weighted by Crippen LogP contribution is 2.18. The van der Waals surface area contributed by atoms with Crippen molar-refractivity contribution in [3.8, 4) is 0 Å². The van der Waals surface area contributed by atoms with Crippen molar-refractivity contribution in [1.29, 1.82) is 0 Å². The van der Waals surface area contributed by atoms with Crippen LogP contribution in [0.3, 0.4) is 0 Å². The third kappa shape index (κ3) is 6.15. The number of esters is 3. The Kier molecular flexibility index (Phi) is 7.92. The topological polar surface area (TPSA) is 78.9 Å². The van der Waals surface area contributed by atoms with Crippen molar-refractivity contribution in [2.24, 2.45) is 0 Å². The second-order valence-corrected chi connectivity index (χ2v) is 6.77. The van der Waals surface area contributed by atoms with E-state index in [-0.39, 0.29) is 36.5 Å². The summed E-state index contributed by atoms with van der Waals surface area (Å²) in [5, 5.41) is 0. The maximum atomic E-state index is 12.8. The molecular formula is C26H22O6. The van der Waals surface area contributed by atoms with E-state index < -0.39 is 17.9 Å². The summed E-state index contributed by atoms with van der Waals surface area (Å²) >= 11 is 0. The summed E-state index contributed by atoms with van der Waals surface area (Å²) in [6, 6.07) is 22.3. The van der Waals surface area contributed by atoms with Gasteiger partial charge in [0.25, 0.3) is 0 Å². The smallest absolute Gasteiger partial charge is 0.339 e. The van der Waals surface area contributed by atoms with Crippen molar-refractivity contribution < 1.29 is 28.6 Å². The molecule has 3 rings (SSSR count). The molecular weight excluding hydrogens is 408 g/mol. The number of rotatable bonds is 9. The van der Waals surface area contributed by atoms with E-state index in [1.165, 1.54) is 24.3 Å². The predicted octanol–water partition coefficient (Wildman–Crippen LogP) is 4.74. The SMILES string of the molecule is C=CCOC(=O)c1ccc(C(=O)OCc2ccccc2)c(C(=O)OCc2ccccc2)c1. The van der Waals surface area contributed by atoms with Gasteiger partial charge in [-0.1, -0.05) is 73.3 Å². The van der Waals surface area contributed by atoms with E-state index in [1.54, 1.807) is 0 Å². The highest BCUT2D eigenvalue weighted by atomic mass is 16.5. The van der Waals surface area contributed by atoms with Crippen LogP contribution in [0, 0.1) is 0 Å². The lowest BCUT2D eigenvalue weighted by Gasteiger charge is -2.12. The molecule has 0 heterocycles. The lowest BCUT2D eigenvalue weighted by molar-refractivity contribution is 0.0424. The summed E-state index contributed by atoms with van der Waals surface area (Å²) in [4.78, 5) is 37.7. The highest BCUT2D eigenvalue weighted by Gasteiger charge is 2.22. The Morgan fingerprint density at radius 3 is 1.72 bits per heavy atom. The molecule has 0 N–H and O–H groups in total. The largest absolute Gasteiger partial charge is 0.458 e. The third-order valence-corrected chi connectivity index (χ3v) is 4.45. The van der Waals surface area contributed by atoms with Crippen LogP contribution < -0.4 is 0 Å². The molecule has 0 fully saturated rings. The predicted molar refractivity (Wildman–Crippen MR) is 118 cm³/mol. The first-order valence-corrected chi connectivity index (χ1v) is 9.92. The van der Waals surface area contributed by atoms with Gasteiger partial charge in [-0.3, -0.25) is 0 Å². The van der Waals surface area contributed by atoms with Gasteiger partial charge in [0, 0.05) is 0 Å². The van der Waals surface area contributed by atoms with Crippen molar-refractivity contribution in [1.82, 2.24) is 0 Å². The van der Waals surface area contributed by atoms with E-state index in [0.29, 0.717) is 0 Å². The summed E-state index contributed by atoms with van der Waals surface area (Å²) in [7, 11) is 0. The van der Waals surface area contributed by atoms with Crippen molar-refractivity contribution in [3.63, 3.8) is 0 Å². The zero-order valence-corrected chi connectivity index (χ0v) is 17.4. The van der Waals surface area contributed by atoms with Crippen LogP contribution in [-0.2, 0) is 27.4 Å². The molecule has 0 saturated carbocycles. The maximum absolute atomic E-state index is 12.8. The first-order chi connectivity index (χ1) is 15.6. The number of hydrogen-bond donors (Lipinski definition) is 0. The molecule has 6 heteroatoms. The summed E-state index contributed by atoms with van der Waals surface area (Å²) in [6.07, 6.45) is 1.43. The normalized spacial score (nSPS) is 10.1. The molecule has 0 aliphatic rings. The summed E-state index contributed by atoms with van der Waals surface area (Å²) in [6.45, 7) is 3.58. The third-order valence-electron chi connectivity index (χ3n) is 4.45. The van der Waals surface area contributed by atoms with E-state index >= 15 is 0 Å². The van der Waals surface area contributed by atoms with E-state index in [1.807, 2.05) is 60.7 Å². The van der Waals surface area contributed by atoms with Crippen molar-refractivity contribution in [2.45, 2.75) is 13.2 Å². The van der Waals surface area contributed by atoms with E-state index in [4.69, 9.17) is 14.2 Å². The zero-order valence-electron chi connectivity index (χ0n) is 17.4. The van der Waals surface area contributed by atoms with Crippen LogP contribution in [0.2, 0.25) is 0 Å². The van der Waals surface area contributed by atoms with Crippen molar-refractivity contribution in [2.75, 3.05) is 6.61 Å². The van der Waals surface area contributed by atoms with Gasteiger partial charge in [-0.05, 0) is 29.3 Å². The van der Waals surface area contributed by atoms with Gasteiger partial charge in [-0.25, -0.2) is 14.4 Å². The first-order valence-electron chi connectivity index (χ1n) is 9.92. The molecule has 0 bridgehead atoms. The minimum absolute atomic E-state index is 0.000682. The summed E-state index contributed by atoms with van der Waals surface area (Å²) in [5.41, 5.74) is 1.62. The zero-order chi connectivity index (χ0) is 22.8. The highest BCUT2D eigenvalue weighted by molar-refractivity contribution is 6.05. The van der Waals surface area contributed by atoms with Crippen LogP contribution in [0.25, 0.3) is 0 Å². The molecule has 0 saturated heterocycles. The van der Waals surface area contributed by atoms with Gasteiger partial charge < -0.3 is 14.2 Å². The number of ether oxygens (including phenoxy) is 3. The molecule has 162 valence electrons. The molecule has 0 aliphatic carbocycles. The Morgan fingerprint density at radius 1 is 0.656 bits per heavy atom. The Balaban J connectivity index is 1.81. The Labute approximate surface area is 186 Å². The van der Waals surface area contributed by atoms with E-state index in [9.17, 15) is 14.4 Å². The Morgan fingerprint density at radius 2 is 1.19 bits per heavy atom. The van der Waals surface area contributed by atoms with Gasteiger partial charge >= 0.3 is 17.9 Å². The summed E-state index contributed by atoms with van der Waals surface area (Å²) in [5.74, 6) is -2.10. The minimum Gasteiger partial charge on any atom is -0.458 e. The van der Waals surface area contributed by atoms with Crippen LogP contribution in [0.1, 0.15) is 42.2 Å². The fourth-order valence-corrected chi connectivity index (χ4v) is 2.84. The van der Waals surface area contributed by atoms with Crippen LogP contribution in [0.15, 0.2) is 91.5 Å². The molecule has 0 amide bonds. The van der Waals surface area contributed by atoms with Gasteiger partial charge in [-0.2, -0.15) is 0 Å². The van der Waals surface area contributed by atoms with Gasteiger partial charge in [-0.15, -0.1) is 0 Å². The second kappa shape index (κ2) is 11.3. The van der Waals surface area contributed by atoms with Crippen molar-refractivity contribution in [3.05, 3.63) is 119 Å². The van der Waals surface area contributed by atoms with Crippen LogP contribution in [-0.4, -0.2) is 24.5 Å². The van der Waals surface area contributed by atoms with E-state index in [2.05, 4.69) is 6.58 Å². The monoisotopic (exact) mass is 430 g/mol. The van der Waals surface area contributed by atoms with Crippen molar-refractivity contribution >= 4 is 17.9 Å². The number of carbonyl (C=O) groups excluding carboxylic acids is 3. The molecule has 32 heavy (non-hydrogen) atoms. The fourth-order valence-electron chi connectivity index (χ4n) is 2.84. The maximum Gasteiger partial charge on any atom is 0.339 e. The average Bonchev–Trinajstić information content (AvgIpc) is 2.85. The number of hydrogen-bond acceptors (Lipinski definition) is 6. The number of benzene rings is 3. The summed E-state index contributed by atoms with van der Waals surface area (Å²) < 4.78 is 15.7. The molecule has 0 radical (unpaired) electrons. The van der Waals surface area contributed by atoms with Crippen LogP contribution >= 0.6 is 0 Å². The lowest BCUT2D eigenvalue weighted by atomic mass is 10.0. The molecule has 6 nitrogen and oxygen atoms in total. The standard InChI is InChI=1S/C26H22O6/c1-2-15-30-24(27)21-13-14-22(25(28)31-17-19-9-5-3-6-10-19)23(16-21)26(29)32-18-20-11-7-4-8-12-20/h2-14,16H,1,15,17-18H2. The molecule has 0 aliphatic heterocycles. The molecule has 3 aromatic rings. The average molecular weight is 430 g/mol. The van der Waals surface area contributed by atoms with E-state index in [0.717, 1.165) is 11.1 Å². The Hall–Kier alpha value is -4.19. The molecule has 3 aromatic carbocycles. The second-order valence-electron chi connectivity index (χ2n) is 6.77. The molecule has 0 spiro atoms. The molecule has 0 aromatic heterocycles. The first kappa shape index (κ1) is 22.5. The van der Waals surface area contributed by atoms with Gasteiger partial charge in [0.15, 0.2) is 0 Å². The van der Waals surface area contributed by atoms with Crippen LogP contribution in [0.4, 0.5) is 0 Å². The lowest BCUT2D eigenvalue weighted by Crippen LogP contribution is -2.16. The molecule has 0 unspecified atom stereocenters. The fraction of sp³-hybridized carbons (Fsp3) is 0.115. The van der Waals surface area contributed by atoms with Gasteiger partial charge in [0.1, 0.15) is 19.8 Å². The van der Waals surface area contributed by atoms with Gasteiger partial charge in [0.2, 0.25) is 0 Å². The van der Waals surface area contributed by atoms with Gasteiger partial charge in [0.05, 0.1) is 16.7 Å². The molecule has 0 atom stereocenters.